The van der Waals surface area contributed by atoms with Crippen LogP contribution in [0.5, 0.6) is 0 Å². The second-order valence-electron chi connectivity index (χ2n) is 4.00. The van der Waals surface area contributed by atoms with Gasteiger partial charge in [-0.25, -0.2) is 9.78 Å². The molecule has 1 amide bonds. The molecule has 0 aliphatic rings. The van der Waals surface area contributed by atoms with Crippen molar-refractivity contribution in [3.8, 4) is 0 Å². The van der Waals surface area contributed by atoms with Crippen LogP contribution in [0.2, 0.25) is 5.15 Å². The molecule has 2 heterocycles. The largest absolute Gasteiger partial charge is 0.449 e. The fourth-order valence-electron chi connectivity index (χ4n) is 1.37. The van der Waals surface area contributed by atoms with Crippen molar-refractivity contribution in [2.24, 2.45) is 0 Å². The summed E-state index contributed by atoms with van der Waals surface area (Å²) in [6.45, 7) is 3.21. The number of carbonyl (C=O) groups excluding carboxylic acids is 2. The Labute approximate surface area is 129 Å². The number of pyridine rings is 1. The SMILES string of the molecule is Cc1nnc(NC(=O)C(C)OC(=O)c2cccnc2Cl)s1. The van der Waals surface area contributed by atoms with Crippen molar-refractivity contribution in [1.82, 2.24) is 15.2 Å². The maximum absolute atomic E-state index is 11.9. The minimum Gasteiger partial charge on any atom is -0.449 e. The zero-order valence-corrected chi connectivity index (χ0v) is 12.7. The van der Waals surface area contributed by atoms with Gasteiger partial charge >= 0.3 is 5.97 Å². The van der Waals surface area contributed by atoms with Crippen LogP contribution in [0.3, 0.4) is 0 Å². The maximum atomic E-state index is 11.9. The molecule has 1 N–H and O–H groups in total. The van der Waals surface area contributed by atoms with Gasteiger partial charge in [0.2, 0.25) is 5.13 Å². The van der Waals surface area contributed by atoms with Crippen molar-refractivity contribution >= 4 is 39.9 Å². The standard InChI is InChI=1S/C12H11ClN4O3S/c1-6(10(18)15-12-17-16-7(2)21-12)20-11(19)8-4-3-5-14-9(8)13/h3-6H,1-2H3,(H,15,17,18). The number of halogens is 1. The number of aromatic nitrogens is 3. The van der Waals surface area contributed by atoms with E-state index >= 15 is 0 Å². The molecule has 0 spiro atoms. The molecule has 110 valence electrons. The van der Waals surface area contributed by atoms with Crippen molar-refractivity contribution in [3.63, 3.8) is 0 Å². The third kappa shape index (κ3) is 3.96. The second kappa shape index (κ2) is 6.59. The van der Waals surface area contributed by atoms with E-state index in [4.69, 9.17) is 16.3 Å². The van der Waals surface area contributed by atoms with E-state index in [1.807, 2.05) is 0 Å². The van der Waals surface area contributed by atoms with Crippen LogP contribution in [0, 0.1) is 6.92 Å². The van der Waals surface area contributed by atoms with Gasteiger partial charge in [-0.2, -0.15) is 0 Å². The number of rotatable bonds is 4. The number of amides is 1. The second-order valence-corrected chi connectivity index (χ2v) is 5.54. The van der Waals surface area contributed by atoms with Crippen molar-refractivity contribution < 1.29 is 14.3 Å². The predicted molar refractivity (Wildman–Crippen MR) is 77.4 cm³/mol. The van der Waals surface area contributed by atoms with Crippen LogP contribution >= 0.6 is 22.9 Å². The number of nitrogens with zero attached hydrogens (tertiary/aromatic N) is 3. The van der Waals surface area contributed by atoms with E-state index < -0.39 is 18.0 Å². The van der Waals surface area contributed by atoms with Crippen molar-refractivity contribution in [2.75, 3.05) is 5.32 Å². The lowest BCUT2D eigenvalue weighted by molar-refractivity contribution is -0.123. The molecule has 0 aliphatic heterocycles. The molecule has 0 aliphatic carbocycles. The molecule has 1 unspecified atom stereocenters. The lowest BCUT2D eigenvalue weighted by atomic mass is 10.3. The molecule has 1 atom stereocenters. The van der Waals surface area contributed by atoms with Crippen LogP contribution in [0.15, 0.2) is 18.3 Å². The first-order valence-electron chi connectivity index (χ1n) is 5.90. The highest BCUT2D eigenvalue weighted by atomic mass is 35.5. The molecule has 2 rings (SSSR count). The van der Waals surface area contributed by atoms with Gasteiger partial charge in [0.05, 0.1) is 5.56 Å². The number of anilines is 1. The molecule has 9 heteroatoms. The highest BCUT2D eigenvalue weighted by Crippen LogP contribution is 2.16. The number of hydrogen-bond acceptors (Lipinski definition) is 7. The Bertz CT molecular complexity index is 676. The lowest BCUT2D eigenvalue weighted by Gasteiger charge is -2.12. The van der Waals surface area contributed by atoms with E-state index in [1.165, 1.54) is 30.5 Å². The van der Waals surface area contributed by atoms with Gasteiger partial charge in [-0.1, -0.05) is 22.9 Å². The molecule has 2 aromatic heterocycles. The van der Waals surface area contributed by atoms with Crippen LogP contribution in [0.25, 0.3) is 0 Å². The zero-order valence-electron chi connectivity index (χ0n) is 11.2. The van der Waals surface area contributed by atoms with Gasteiger partial charge in [-0.05, 0) is 26.0 Å². The average Bonchev–Trinajstić information content (AvgIpc) is 2.84. The Kier molecular flexibility index (Phi) is 4.81. The summed E-state index contributed by atoms with van der Waals surface area (Å²) in [5, 5.41) is 11.1. The number of hydrogen-bond donors (Lipinski definition) is 1. The van der Waals surface area contributed by atoms with E-state index in [2.05, 4.69) is 20.5 Å². The van der Waals surface area contributed by atoms with Crippen LogP contribution in [0.1, 0.15) is 22.3 Å². The summed E-state index contributed by atoms with van der Waals surface area (Å²) in [5.74, 6) is -1.22. The average molecular weight is 327 g/mol. The van der Waals surface area contributed by atoms with E-state index in [9.17, 15) is 9.59 Å². The summed E-state index contributed by atoms with van der Waals surface area (Å²) in [6, 6.07) is 3.02. The van der Waals surface area contributed by atoms with Gasteiger partial charge in [0.1, 0.15) is 10.2 Å². The molecule has 0 saturated carbocycles. The van der Waals surface area contributed by atoms with Crippen LogP contribution in [0.4, 0.5) is 5.13 Å². The van der Waals surface area contributed by atoms with Crippen molar-refractivity contribution in [2.45, 2.75) is 20.0 Å². The Morgan fingerprint density at radius 2 is 2.19 bits per heavy atom. The summed E-state index contributed by atoms with van der Waals surface area (Å²) < 4.78 is 5.04. The molecule has 0 saturated heterocycles. The molecular weight excluding hydrogens is 316 g/mol. The third-order valence-electron chi connectivity index (χ3n) is 2.39. The fraction of sp³-hybridized carbons (Fsp3) is 0.250. The zero-order chi connectivity index (χ0) is 15.4. The monoisotopic (exact) mass is 326 g/mol. The number of esters is 1. The van der Waals surface area contributed by atoms with Crippen LogP contribution in [-0.2, 0) is 9.53 Å². The Morgan fingerprint density at radius 3 is 2.81 bits per heavy atom. The molecule has 0 fully saturated rings. The van der Waals surface area contributed by atoms with Gasteiger partial charge in [0, 0.05) is 6.20 Å². The van der Waals surface area contributed by atoms with Gasteiger partial charge in [0.15, 0.2) is 6.10 Å². The Hall–Kier alpha value is -2.06. The van der Waals surface area contributed by atoms with Gasteiger partial charge in [0.25, 0.3) is 5.91 Å². The van der Waals surface area contributed by atoms with Crippen LogP contribution in [-0.4, -0.2) is 33.2 Å². The summed E-state index contributed by atoms with van der Waals surface area (Å²) in [6.07, 6.45) is 0.450. The predicted octanol–water partition coefficient (Wildman–Crippen LogP) is 2.08. The molecule has 0 radical (unpaired) electrons. The summed E-state index contributed by atoms with van der Waals surface area (Å²) in [5.41, 5.74) is 0.102. The number of carbonyl (C=O) groups is 2. The number of nitrogens with one attached hydrogen (secondary N) is 1. The molecule has 0 aromatic carbocycles. The molecule has 7 nitrogen and oxygen atoms in total. The summed E-state index contributed by atoms with van der Waals surface area (Å²) >= 11 is 7.01. The quantitative estimate of drug-likeness (QED) is 0.683. The first-order chi connectivity index (χ1) is 9.97. The van der Waals surface area contributed by atoms with Crippen molar-refractivity contribution in [1.29, 1.82) is 0 Å². The minimum absolute atomic E-state index is 0.0230. The topological polar surface area (TPSA) is 94.1 Å². The number of aryl methyl sites for hydroxylation is 1. The summed E-state index contributed by atoms with van der Waals surface area (Å²) in [7, 11) is 0. The van der Waals surface area contributed by atoms with Crippen molar-refractivity contribution in [3.05, 3.63) is 34.1 Å². The normalized spacial score (nSPS) is 11.8. The summed E-state index contributed by atoms with van der Waals surface area (Å²) in [4.78, 5) is 27.5. The van der Waals surface area contributed by atoms with Gasteiger partial charge < -0.3 is 4.74 Å². The minimum atomic E-state index is -1.00. The van der Waals surface area contributed by atoms with E-state index in [0.29, 0.717) is 5.13 Å². The third-order valence-corrected chi connectivity index (χ3v) is 3.44. The highest BCUT2D eigenvalue weighted by molar-refractivity contribution is 7.15. The molecule has 2 aromatic rings. The lowest BCUT2D eigenvalue weighted by Crippen LogP contribution is -2.30. The smallest absolute Gasteiger partial charge is 0.342 e. The fourth-order valence-corrected chi connectivity index (χ4v) is 2.16. The highest BCUT2D eigenvalue weighted by Gasteiger charge is 2.21. The molecule has 21 heavy (non-hydrogen) atoms. The van der Waals surface area contributed by atoms with Crippen LogP contribution < -0.4 is 5.32 Å². The van der Waals surface area contributed by atoms with E-state index in [-0.39, 0.29) is 10.7 Å². The Balaban J connectivity index is 1.97. The first-order valence-corrected chi connectivity index (χ1v) is 7.09. The number of ether oxygens (including phenoxy) is 1. The molecular formula is C12H11ClN4O3S. The maximum Gasteiger partial charge on any atom is 0.342 e. The van der Waals surface area contributed by atoms with E-state index in [0.717, 1.165) is 5.01 Å². The molecule has 0 bridgehead atoms. The first kappa shape index (κ1) is 15.3. The Morgan fingerprint density at radius 1 is 1.43 bits per heavy atom. The van der Waals surface area contributed by atoms with Gasteiger partial charge in [-0.15, -0.1) is 10.2 Å². The van der Waals surface area contributed by atoms with Gasteiger partial charge in [-0.3, -0.25) is 10.1 Å². The van der Waals surface area contributed by atoms with E-state index in [1.54, 1.807) is 13.0 Å².